The first-order chi connectivity index (χ1) is 9.01. The van der Waals surface area contributed by atoms with E-state index in [0.717, 1.165) is 6.07 Å². The van der Waals surface area contributed by atoms with Crippen molar-refractivity contribution in [3.05, 3.63) is 35.1 Å². The molecule has 0 bridgehead atoms. The number of carbonyl (C=O) groups is 1. The number of alkyl halides is 1. The molecule has 0 spiro atoms. The Labute approximate surface area is 113 Å². The zero-order chi connectivity index (χ0) is 14.4. The van der Waals surface area contributed by atoms with Gasteiger partial charge in [0.15, 0.2) is 17.5 Å². The van der Waals surface area contributed by atoms with Gasteiger partial charge in [0.05, 0.1) is 18.2 Å². The highest BCUT2D eigenvalue weighted by Crippen LogP contribution is 2.15. The van der Waals surface area contributed by atoms with E-state index in [0.29, 0.717) is 12.5 Å². The third-order valence-corrected chi connectivity index (χ3v) is 2.66. The molecule has 1 aromatic carbocycles. The van der Waals surface area contributed by atoms with Gasteiger partial charge in [0.2, 0.25) is 0 Å². The van der Waals surface area contributed by atoms with Crippen LogP contribution in [0.4, 0.5) is 13.2 Å². The Morgan fingerprint density at radius 2 is 2.05 bits per heavy atom. The number of benzene rings is 1. The van der Waals surface area contributed by atoms with Crippen molar-refractivity contribution >= 4 is 17.5 Å². The molecule has 0 aliphatic carbocycles. The Kier molecular flexibility index (Phi) is 6.11. The summed E-state index contributed by atoms with van der Waals surface area (Å²) in [6.45, 7) is 0.184. The summed E-state index contributed by atoms with van der Waals surface area (Å²) < 4.78 is 44.0. The number of methoxy groups -OCH3 is 1. The van der Waals surface area contributed by atoms with Crippen LogP contribution in [0.3, 0.4) is 0 Å². The van der Waals surface area contributed by atoms with Crippen LogP contribution in [0.1, 0.15) is 16.8 Å². The second-order valence-electron chi connectivity index (χ2n) is 3.83. The first kappa shape index (κ1) is 15.8. The molecule has 0 saturated carbocycles. The minimum Gasteiger partial charge on any atom is -0.383 e. The second kappa shape index (κ2) is 7.35. The molecule has 0 aliphatic rings. The van der Waals surface area contributed by atoms with Gasteiger partial charge in [-0.05, 0) is 18.6 Å². The highest BCUT2D eigenvalue weighted by Gasteiger charge is 2.20. The second-order valence-corrected chi connectivity index (χ2v) is 4.20. The summed E-state index contributed by atoms with van der Waals surface area (Å²) in [4.78, 5) is 11.8. The minimum atomic E-state index is -1.67. The molecule has 3 nitrogen and oxygen atoms in total. The Morgan fingerprint density at radius 3 is 2.63 bits per heavy atom. The third-order valence-electron chi connectivity index (χ3n) is 2.44. The molecule has 1 amide bonds. The number of ether oxygens (including phenoxy) is 1. The normalized spacial score (nSPS) is 12.3. The fourth-order valence-corrected chi connectivity index (χ4v) is 1.76. The van der Waals surface area contributed by atoms with E-state index in [4.69, 9.17) is 16.3 Å². The molecule has 0 saturated heterocycles. The maximum absolute atomic E-state index is 13.4. The molecule has 0 radical (unpaired) electrons. The molecule has 0 fully saturated rings. The lowest BCUT2D eigenvalue weighted by molar-refractivity contribution is 0.0890. The van der Waals surface area contributed by atoms with Crippen LogP contribution in [0.25, 0.3) is 0 Å². The van der Waals surface area contributed by atoms with Crippen LogP contribution < -0.4 is 5.32 Å². The molecular formula is C12H13ClF3NO2. The van der Waals surface area contributed by atoms with Crippen molar-refractivity contribution < 1.29 is 22.7 Å². The Balaban J connectivity index is 2.85. The van der Waals surface area contributed by atoms with E-state index in [9.17, 15) is 18.0 Å². The van der Waals surface area contributed by atoms with Crippen LogP contribution in [-0.2, 0) is 4.74 Å². The zero-order valence-electron chi connectivity index (χ0n) is 10.2. The average Bonchev–Trinajstić information content (AvgIpc) is 2.36. The smallest absolute Gasteiger partial charge is 0.254 e. The number of halogens is 4. The quantitative estimate of drug-likeness (QED) is 0.647. The van der Waals surface area contributed by atoms with Crippen molar-refractivity contribution in [1.82, 2.24) is 5.32 Å². The Hall–Kier alpha value is -1.27. The van der Waals surface area contributed by atoms with Crippen LogP contribution in [-0.4, -0.2) is 31.5 Å². The van der Waals surface area contributed by atoms with Gasteiger partial charge in [-0.2, -0.15) is 0 Å². The minimum absolute atomic E-state index is 0.184. The van der Waals surface area contributed by atoms with Crippen LogP contribution in [0.2, 0.25) is 0 Å². The number of amides is 1. The Bertz CT molecular complexity index is 451. The van der Waals surface area contributed by atoms with E-state index in [1.165, 1.54) is 7.11 Å². The summed E-state index contributed by atoms with van der Waals surface area (Å²) in [6, 6.07) is 1.15. The van der Waals surface area contributed by atoms with E-state index in [-0.39, 0.29) is 12.5 Å². The molecular weight excluding hydrogens is 283 g/mol. The van der Waals surface area contributed by atoms with Crippen molar-refractivity contribution in [1.29, 1.82) is 0 Å². The summed E-state index contributed by atoms with van der Waals surface area (Å²) in [5.41, 5.74) is -0.561. The predicted octanol–water partition coefficient (Wildman–Crippen LogP) is 2.48. The topological polar surface area (TPSA) is 38.3 Å². The first-order valence-electron chi connectivity index (χ1n) is 5.50. The van der Waals surface area contributed by atoms with Crippen LogP contribution >= 0.6 is 11.6 Å². The van der Waals surface area contributed by atoms with Gasteiger partial charge in [-0.25, -0.2) is 13.2 Å². The van der Waals surface area contributed by atoms with Crippen molar-refractivity contribution in [2.45, 2.75) is 12.5 Å². The Morgan fingerprint density at radius 1 is 1.37 bits per heavy atom. The first-order valence-corrected chi connectivity index (χ1v) is 6.04. The lowest BCUT2D eigenvalue weighted by Gasteiger charge is -2.17. The number of rotatable bonds is 6. The van der Waals surface area contributed by atoms with E-state index in [1.807, 2.05) is 0 Å². The summed E-state index contributed by atoms with van der Waals surface area (Å²) >= 11 is 5.55. The molecule has 106 valence electrons. The third kappa shape index (κ3) is 4.11. The van der Waals surface area contributed by atoms with Gasteiger partial charge in [-0.3, -0.25) is 4.79 Å². The summed E-state index contributed by atoms with van der Waals surface area (Å²) in [7, 11) is 1.44. The van der Waals surface area contributed by atoms with Gasteiger partial charge in [-0.15, -0.1) is 11.6 Å². The van der Waals surface area contributed by atoms with Crippen molar-refractivity contribution in [2.75, 3.05) is 19.6 Å². The summed E-state index contributed by atoms with van der Waals surface area (Å²) in [5.74, 6) is -5.10. The maximum atomic E-state index is 13.4. The highest BCUT2D eigenvalue weighted by molar-refractivity contribution is 6.17. The summed E-state index contributed by atoms with van der Waals surface area (Å²) in [5, 5.41) is 2.45. The monoisotopic (exact) mass is 295 g/mol. The van der Waals surface area contributed by atoms with Gasteiger partial charge in [0.25, 0.3) is 5.91 Å². The number of carbonyl (C=O) groups excluding carboxylic acids is 1. The summed E-state index contributed by atoms with van der Waals surface area (Å²) in [6.07, 6.45) is 0.409. The van der Waals surface area contributed by atoms with E-state index < -0.39 is 35.0 Å². The van der Waals surface area contributed by atoms with Crippen LogP contribution in [0, 0.1) is 17.5 Å². The van der Waals surface area contributed by atoms with E-state index >= 15 is 0 Å². The molecule has 0 aliphatic heterocycles. The number of hydrogen-bond acceptors (Lipinski definition) is 2. The zero-order valence-corrected chi connectivity index (χ0v) is 10.9. The van der Waals surface area contributed by atoms with E-state index in [2.05, 4.69) is 5.32 Å². The fourth-order valence-electron chi connectivity index (χ4n) is 1.49. The molecule has 1 atom stereocenters. The molecule has 0 aromatic heterocycles. The van der Waals surface area contributed by atoms with Gasteiger partial charge >= 0.3 is 0 Å². The van der Waals surface area contributed by atoms with Crippen LogP contribution in [0.5, 0.6) is 0 Å². The van der Waals surface area contributed by atoms with Crippen molar-refractivity contribution in [3.8, 4) is 0 Å². The molecule has 0 heterocycles. The molecule has 19 heavy (non-hydrogen) atoms. The number of hydrogen-bond donors (Lipinski definition) is 1. The lowest BCUT2D eigenvalue weighted by Crippen LogP contribution is -2.38. The van der Waals surface area contributed by atoms with Crippen molar-refractivity contribution in [2.24, 2.45) is 0 Å². The number of nitrogens with one attached hydrogen (secondary N) is 1. The fraction of sp³-hybridized carbons (Fsp3) is 0.417. The van der Waals surface area contributed by atoms with Crippen molar-refractivity contribution in [3.63, 3.8) is 0 Å². The average molecular weight is 296 g/mol. The van der Waals surface area contributed by atoms with Crippen LogP contribution in [0.15, 0.2) is 12.1 Å². The van der Waals surface area contributed by atoms with E-state index in [1.54, 1.807) is 0 Å². The predicted molar refractivity (Wildman–Crippen MR) is 64.8 cm³/mol. The highest BCUT2D eigenvalue weighted by atomic mass is 35.5. The maximum Gasteiger partial charge on any atom is 0.254 e. The largest absolute Gasteiger partial charge is 0.383 e. The molecule has 7 heteroatoms. The molecule has 1 rings (SSSR count). The van der Waals surface area contributed by atoms with Gasteiger partial charge in [0, 0.05) is 13.0 Å². The van der Waals surface area contributed by atoms with Gasteiger partial charge in [0.1, 0.15) is 0 Å². The van der Waals surface area contributed by atoms with Gasteiger partial charge in [-0.1, -0.05) is 0 Å². The molecule has 1 unspecified atom stereocenters. The molecule has 1 aromatic rings. The van der Waals surface area contributed by atoms with Gasteiger partial charge < -0.3 is 10.1 Å². The lowest BCUT2D eigenvalue weighted by atomic mass is 10.1. The molecule has 1 N–H and O–H groups in total. The SMILES string of the molecule is COCC(CCCl)NC(=O)c1ccc(F)c(F)c1F. The standard InChI is InChI=1S/C12H13ClF3NO2/c1-19-6-7(4-5-13)17-12(18)8-2-3-9(14)11(16)10(8)15/h2-3,7H,4-6H2,1H3,(H,17,18).